The lowest BCUT2D eigenvalue weighted by Gasteiger charge is -2.05. The maximum atomic E-state index is 12.9. The summed E-state index contributed by atoms with van der Waals surface area (Å²) in [5, 5.41) is 0. The number of carbonyl (C=O) groups excluding carboxylic acids is 1. The zero-order chi connectivity index (χ0) is 15.7. The molecule has 5 heteroatoms. The fourth-order valence-corrected chi connectivity index (χ4v) is 2.77. The van der Waals surface area contributed by atoms with Crippen LogP contribution in [0.4, 0.5) is 0 Å². The van der Waals surface area contributed by atoms with Crippen molar-refractivity contribution in [2.24, 2.45) is 0 Å². The first kappa shape index (κ1) is 14.8. The molecule has 0 spiro atoms. The minimum absolute atomic E-state index is 0.0369. The second-order valence-electron chi connectivity index (χ2n) is 4.89. The van der Waals surface area contributed by atoms with Crippen molar-refractivity contribution >= 4 is 27.4 Å². The lowest BCUT2D eigenvalue weighted by Crippen LogP contribution is -2.08. The summed E-state index contributed by atoms with van der Waals surface area (Å²) in [5.41, 5.74) is 2.82. The highest BCUT2D eigenvalue weighted by Crippen LogP contribution is 2.21. The molecule has 4 nitrogen and oxygen atoms in total. The largest absolute Gasteiger partial charge is 0.497 e. The minimum atomic E-state index is -0.0369. The molecule has 22 heavy (non-hydrogen) atoms. The zero-order valence-electron chi connectivity index (χ0n) is 12.3. The summed E-state index contributed by atoms with van der Waals surface area (Å²) >= 11 is 3.45. The molecule has 2 aromatic heterocycles. The molecule has 2 heterocycles. The van der Waals surface area contributed by atoms with E-state index in [1.54, 1.807) is 31.4 Å². The maximum absolute atomic E-state index is 12.9. The van der Waals surface area contributed by atoms with Gasteiger partial charge in [0.25, 0.3) is 0 Å². The first-order chi connectivity index (χ1) is 10.6. The van der Waals surface area contributed by atoms with Crippen molar-refractivity contribution in [3.05, 3.63) is 64.0 Å². The Balaban J connectivity index is 2.14. The third-order valence-corrected chi connectivity index (χ3v) is 4.03. The topological polar surface area (TPSA) is 43.6 Å². The summed E-state index contributed by atoms with van der Waals surface area (Å²) in [6.45, 7) is 2.00. The van der Waals surface area contributed by atoms with E-state index in [-0.39, 0.29) is 5.78 Å². The first-order valence-electron chi connectivity index (χ1n) is 6.99. The second kappa shape index (κ2) is 5.93. The molecule has 0 fully saturated rings. The van der Waals surface area contributed by atoms with Gasteiger partial charge in [0.1, 0.15) is 17.1 Å². The molecule has 0 saturated heterocycles. The van der Waals surface area contributed by atoms with Gasteiger partial charge in [-0.25, -0.2) is 4.98 Å². The van der Waals surface area contributed by atoms with Crippen LogP contribution in [0.1, 0.15) is 28.7 Å². The molecule has 0 aliphatic rings. The van der Waals surface area contributed by atoms with Gasteiger partial charge in [-0.05, 0) is 58.7 Å². The van der Waals surface area contributed by atoms with Crippen LogP contribution < -0.4 is 4.74 Å². The van der Waals surface area contributed by atoms with Gasteiger partial charge in [-0.15, -0.1) is 0 Å². The number of aryl methyl sites for hydroxylation is 1. The van der Waals surface area contributed by atoms with Crippen molar-refractivity contribution in [1.82, 2.24) is 9.38 Å². The number of methoxy groups -OCH3 is 1. The number of pyridine rings is 1. The number of imidazole rings is 1. The molecular formula is C17H15BrN2O2. The van der Waals surface area contributed by atoms with Crippen LogP contribution in [0.15, 0.2) is 47.1 Å². The zero-order valence-corrected chi connectivity index (χ0v) is 13.9. The van der Waals surface area contributed by atoms with Crippen LogP contribution in [0, 0.1) is 0 Å². The maximum Gasteiger partial charge on any atom is 0.211 e. The van der Waals surface area contributed by atoms with Crippen molar-refractivity contribution in [3.63, 3.8) is 0 Å². The minimum Gasteiger partial charge on any atom is -0.497 e. The molecule has 0 saturated carbocycles. The Labute approximate surface area is 136 Å². The Morgan fingerprint density at radius 2 is 1.95 bits per heavy atom. The number of ether oxygens (including phenoxy) is 1. The predicted molar refractivity (Wildman–Crippen MR) is 88.7 cm³/mol. The number of benzene rings is 1. The van der Waals surface area contributed by atoms with Gasteiger partial charge in [-0.3, -0.25) is 9.20 Å². The van der Waals surface area contributed by atoms with Crippen molar-refractivity contribution < 1.29 is 9.53 Å². The third kappa shape index (κ3) is 2.52. The van der Waals surface area contributed by atoms with E-state index in [9.17, 15) is 4.79 Å². The van der Waals surface area contributed by atoms with Gasteiger partial charge in [-0.2, -0.15) is 0 Å². The molecule has 0 radical (unpaired) electrons. The monoisotopic (exact) mass is 358 g/mol. The molecule has 3 aromatic rings. The van der Waals surface area contributed by atoms with Gasteiger partial charge in [0, 0.05) is 16.2 Å². The Bertz CT molecular complexity index is 838. The Morgan fingerprint density at radius 1 is 1.23 bits per heavy atom. The van der Waals surface area contributed by atoms with E-state index in [1.165, 1.54) is 0 Å². The van der Waals surface area contributed by atoms with Crippen molar-refractivity contribution in [2.75, 3.05) is 7.11 Å². The van der Waals surface area contributed by atoms with E-state index in [4.69, 9.17) is 4.74 Å². The number of halogens is 1. The van der Waals surface area contributed by atoms with Gasteiger partial charge >= 0.3 is 0 Å². The highest BCUT2D eigenvalue weighted by Gasteiger charge is 2.19. The summed E-state index contributed by atoms with van der Waals surface area (Å²) in [6, 6.07) is 10.9. The number of rotatable bonds is 4. The van der Waals surface area contributed by atoms with E-state index >= 15 is 0 Å². The summed E-state index contributed by atoms with van der Waals surface area (Å²) in [5.74, 6) is 0.693. The number of aromatic nitrogens is 2. The van der Waals surface area contributed by atoms with Gasteiger partial charge in [0.15, 0.2) is 0 Å². The SMILES string of the molecule is CCc1nc2ccc(Br)cn2c1C(=O)c1ccc(OC)cc1. The molecule has 0 bridgehead atoms. The molecule has 0 aliphatic carbocycles. The predicted octanol–water partition coefficient (Wildman–Crippen LogP) is 3.90. The summed E-state index contributed by atoms with van der Waals surface area (Å²) < 4.78 is 7.88. The van der Waals surface area contributed by atoms with Gasteiger partial charge in [0.2, 0.25) is 5.78 Å². The lowest BCUT2D eigenvalue weighted by atomic mass is 10.1. The van der Waals surface area contributed by atoms with Crippen LogP contribution in [0.25, 0.3) is 5.65 Å². The van der Waals surface area contributed by atoms with Crippen LogP contribution >= 0.6 is 15.9 Å². The molecular weight excluding hydrogens is 344 g/mol. The Hall–Kier alpha value is -2.14. The van der Waals surface area contributed by atoms with E-state index in [2.05, 4.69) is 20.9 Å². The molecule has 0 N–H and O–H groups in total. The fraction of sp³-hybridized carbons (Fsp3) is 0.176. The summed E-state index contributed by atoms with van der Waals surface area (Å²) in [7, 11) is 1.61. The van der Waals surface area contributed by atoms with E-state index in [0.29, 0.717) is 17.7 Å². The fourth-order valence-electron chi connectivity index (χ4n) is 2.43. The molecule has 3 rings (SSSR count). The highest BCUT2D eigenvalue weighted by atomic mass is 79.9. The number of ketones is 1. The van der Waals surface area contributed by atoms with E-state index in [1.807, 2.05) is 29.7 Å². The molecule has 1 aromatic carbocycles. The average molecular weight is 359 g/mol. The van der Waals surface area contributed by atoms with Gasteiger partial charge in [-0.1, -0.05) is 6.92 Å². The average Bonchev–Trinajstić information content (AvgIpc) is 2.92. The standard InChI is InChI=1S/C17H15BrN2O2/c1-3-14-16(20-10-12(18)6-9-15(20)19-14)17(21)11-4-7-13(22-2)8-5-11/h4-10H,3H2,1-2H3. The quantitative estimate of drug-likeness (QED) is 0.664. The number of fused-ring (bicyclic) bond motifs is 1. The van der Waals surface area contributed by atoms with Gasteiger partial charge < -0.3 is 4.74 Å². The Kier molecular flexibility index (Phi) is 3.98. The van der Waals surface area contributed by atoms with Crippen LogP contribution in [-0.4, -0.2) is 22.3 Å². The molecule has 0 atom stereocenters. The smallest absolute Gasteiger partial charge is 0.211 e. The van der Waals surface area contributed by atoms with Gasteiger partial charge in [0.05, 0.1) is 12.8 Å². The van der Waals surface area contributed by atoms with E-state index < -0.39 is 0 Å². The number of hydrogen-bond acceptors (Lipinski definition) is 3. The van der Waals surface area contributed by atoms with Crippen LogP contribution in [0.5, 0.6) is 5.75 Å². The Morgan fingerprint density at radius 3 is 2.59 bits per heavy atom. The van der Waals surface area contributed by atoms with Crippen molar-refractivity contribution in [3.8, 4) is 5.75 Å². The third-order valence-electron chi connectivity index (χ3n) is 3.56. The van der Waals surface area contributed by atoms with Crippen molar-refractivity contribution in [2.45, 2.75) is 13.3 Å². The number of carbonyl (C=O) groups is 1. The van der Waals surface area contributed by atoms with Crippen molar-refractivity contribution in [1.29, 1.82) is 0 Å². The normalized spacial score (nSPS) is 10.9. The number of nitrogens with zero attached hydrogens (tertiary/aromatic N) is 2. The molecule has 112 valence electrons. The van der Waals surface area contributed by atoms with Crippen LogP contribution in [0.3, 0.4) is 0 Å². The molecule has 0 aliphatic heterocycles. The molecule has 0 amide bonds. The van der Waals surface area contributed by atoms with Crippen LogP contribution in [-0.2, 0) is 6.42 Å². The van der Waals surface area contributed by atoms with Crippen LogP contribution in [0.2, 0.25) is 0 Å². The lowest BCUT2D eigenvalue weighted by molar-refractivity contribution is 0.103. The second-order valence-corrected chi connectivity index (χ2v) is 5.81. The highest BCUT2D eigenvalue weighted by molar-refractivity contribution is 9.10. The summed E-state index contributed by atoms with van der Waals surface area (Å²) in [4.78, 5) is 17.4. The number of hydrogen-bond donors (Lipinski definition) is 0. The summed E-state index contributed by atoms with van der Waals surface area (Å²) in [6.07, 6.45) is 2.58. The van der Waals surface area contributed by atoms with E-state index in [0.717, 1.165) is 21.6 Å². The first-order valence-corrected chi connectivity index (χ1v) is 7.78. The molecule has 0 unspecified atom stereocenters.